The number of carbonyl (C=O) groups excluding carboxylic acids is 1. The smallest absolute Gasteiger partial charge is 0.333 e. The first-order valence-corrected chi connectivity index (χ1v) is 8.18. The van der Waals surface area contributed by atoms with Crippen molar-refractivity contribution in [1.82, 2.24) is 9.88 Å². The van der Waals surface area contributed by atoms with Crippen molar-refractivity contribution in [3.8, 4) is 0 Å². The third-order valence-electron chi connectivity index (χ3n) is 4.39. The van der Waals surface area contributed by atoms with E-state index < -0.39 is 18.0 Å². The van der Waals surface area contributed by atoms with Crippen LogP contribution in [-0.2, 0) is 9.59 Å². The predicted molar refractivity (Wildman–Crippen MR) is 84.6 cm³/mol. The fourth-order valence-electron chi connectivity index (χ4n) is 3.14. The van der Waals surface area contributed by atoms with Crippen LogP contribution in [0.3, 0.4) is 0 Å². The van der Waals surface area contributed by atoms with Crippen molar-refractivity contribution in [3.05, 3.63) is 30.1 Å². The number of rotatable bonds is 7. The summed E-state index contributed by atoms with van der Waals surface area (Å²) in [4.78, 5) is 30.0. The number of nitrogens with zero attached hydrogens (tertiary/aromatic N) is 2. The van der Waals surface area contributed by atoms with Gasteiger partial charge in [-0.2, -0.15) is 0 Å². The summed E-state index contributed by atoms with van der Waals surface area (Å²) in [5.41, 5.74) is 0.817. The van der Waals surface area contributed by atoms with Gasteiger partial charge < -0.3 is 15.1 Å². The highest BCUT2D eigenvalue weighted by Gasteiger charge is 2.39. The van der Waals surface area contributed by atoms with E-state index in [1.54, 1.807) is 11.1 Å². The molecule has 2 rings (SSSR count). The minimum Gasteiger partial charge on any atom is -0.479 e. The van der Waals surface area contributed by atoms with E-state index in [1.165, 1.54) is 0 Å². The molecule has 0 bridgehead atoms. The molecule has 6 heteroatoms. The van der Waals surface area contributed by atoms with Crippen LogP contribution in [-0.4, -0.2) is 44.6 Å². The number of aliphatic carboxylic acids is 1. The zero-order valence-electron chi connectivity index (χ0n) is 13.4. The number of carboxylic acid groups (broad SMARTS) is 1. The topological polar surface area (TPSA) is 90.7 Å². The molecule has 2 N–H and O–H groups in total. The first-order valence-electron chi connectivity index (χ1n) is 8.18. The zero-order chi connectivity index (χ0) is 16.8. The molecule has 1 unspecified atom stereocenters. The molecule has 0 saturated carbocycles. The maximum atomic E-state index is 12.9. The minimum absolute atomic E-state index is 0.131. The third kappa shape index (κ3) is 4.07. The summed E-state index contributed by atoms with van der Waals surface area (Å²) in [7, 11) is 0. The van der Waals surface area contributed by atoms with Crippen LogP contribution in [0, 0.1) is 5.92 Å². The molecule has 1 amide bonds. The number of hydrogen-bond donors (Lipinski definition) is 2. The zero-order valence-corrected chi connectivity index (χ0v) is 13.4. The van der Waals surface area contributed by atoms with Gasteiger partial charge in [-0.1, -0.05) is 25.8 Å². The van der Waals surface area contributed by atoms with Crippen molar-refractivity contribution < 1.29 is 19.8 Å². The van der Waals surface area contributed by atoms with Crippen LogP contribution in [0.1, 0.15) is 50.8 Å². The molecule has 1 aliphatic heterocycles. The van der Waals surface area contributed by atoms with Crippen molar-refractivity contribution in [3.63, 3.8) is 0 Å². The summed E-state index contributed by atoms with van der Waals surface area (Å²) in [6.07, 6.45) is 3.65. The lowest BCUT2D eigenvalue weighted by Crippen LogP contribution is -2.43. The maximum absolute atomic E-state index is 12.9. The quantitative estimate of drug-likeness (QED) is 0.802. The van der Waals surface area contributed by atoms with Gasteiger partial charge in [-0.05, 0) is 31.4 Å². The second-order valence-electron chi connectivity index (χ2n) is 5.98. The maximum Gasteiger partial charge on any atom is 0.333 e. The van der Waals surface area contributed by atoms with Crippen molar-refractivity contribution >= 4 is 11.9 Å². The normalized spacial score (nSPS) is 20.3. The van der Waals surface area contributed by atoms with Crippen LogP contribution in [0.15, 0.2) is 24.4 Å². The second kappa shape index (κ2) is 8.06. The van der Waals surface area contributed by atoms with Crippen LogP contribution < -0.4 is 0 Å². The number of pyridine rings is 1. The first-order chi connectivity index (χ1) is 11.1. The van der Waals surface area contributed by atoms with Crippen molar-refractivity contribution in [1.29, 1.82) is 0 Å². The van der Waals surface area contributed by atoms with E-state index in [0.29, 0.717) is 19.4 Å². The van der Waals surface area contributed by atoms with Gasteiger partial charge in [0.2, 0.25) is 5.91 Å². The number of carbonyl (C=O) groups is 2. The molecular formula is C17H24N2O4. The molecule has 0 aliphatic carbocycles. The number of aromatic nitrogens is 1. The van der Waals surface area contributed by atoms with E-state index in [2.05, 4.69) is 4.98 Å². The van der Waals surface area contributed by atoms with Gasteiger partial charge >= 0.3 is 5.97 Å². The lowest BCUT2D eigenvalue weighted by Gasteiger charge is -2.29. The molecule has 1 fully saturated rings. The fourth-order valence-corrected chi connectivity index (χ4v) is 3.14. The average molecular weight is 320 g/mol. The Morgan fingerprint density at radius 1 is 1.43 bits per heavy atom. The predicted octanol–water partition coefficient (Wildman–Crippen LogP) is 2.00. The van der Waals surface area contributed by atoms with Crippen molar-refractivity contribution in [2.75, 3.05) is 6.54 Å². The lowest BCUT2D eigenvalue weighted by atomic mass is 9.93. The summed E-state index contributed by atoms with van der Waals surface area (Å²) < 4.78 is 0. The van der Waals surface area contributed by atoms with Gasteiger partial charge in [0, 0.05) is 12.7 Å². The minimum atomic E-state index is -1.65. The van der Waals surface area contributed by atoms with Crippen molar-refractivity contribution in [2.45, 2.75) is 51.2 Å². The molecule has 23 heavy (non-hydrogen) atoms. The Morgan fingerprint density at radius 2 is 2.22 bits per heavy atom. The first kappa shape index (κ1) is 17.4. The van der Waals surface area contributed by atoms with Gasteiger partial charge in [-0.15, -0.1) is 0 Å². The number of unbranched alkanes of at least 4 members (excludes halogenated alkanes) is 1. The van der Waals surface area contributed by atoms with E-state index in [9.17, 15) is 14.7 Å². The number of amides is 1. The number of likely N-dealkylation sites (tertiary alicyclic amines) is 1. The third-order valence-corrected chi connectivity index (χ3v) is 4.39. The molecule has 2 heterocycles. The lowest BCUT2D eigenvalue weighted by molar-refractivity contribution is -0.157. The molecule has 126 valence electrons. The second-order valence-corrected chi connectivity index (χ2v) is 5.98. The molecule has 1 saturated heterocycles. The Morgan fingerprint density at radius 3 is 2.83 bits per heavy atom. The Labute approximate surface area is 136 Å². The van der Waals surface area contributed by atoms with Gasteiger partial charge in [0.25, 0.3) is 0 Å². The van der Waals surface area contributed by atoms with Gasteiger partial charge in [0.1, 0.15) is 0 Å². The Bertz CT molecular complexity index is 535. The summed E-state index contributed by atoms with van der Waals surface area (Å²) >= 11 is 0. The summed E-state index contributed by atoms with van der Waals surface area (Å²) in [5.74, 6) is -2.51. The fraction of sp³-hybridized carbons (Fsp3) is 0.588. The molecule has 0 aromatic carbocycles. The molecule has 1 aromatic rings. The molecule has 1 aromatic heterocycles. The van der Waals surface area contributed by atoms with Crippen LogP contribution in [0.25, 0.3) is 0 Å². The number of aliphatic hydroxyl groups excluding tert-OH is 1. The average Bonchev–Trinajstić information content (AvgIpc) is 3.05. The molecule has 0 radical (unpaired) electrons. The highest BCUT2D eigenvalue weighted by Crippen LogP contribution is 2.33. The van der Waals surface area contributed by atoms with Crippen LogP contribution in [0.2, 0.25) is 0 Å². The molecular weight excluding hydrogens is 296 g/mol. The highest BCUT2D eigenvalue weighted by atomic mass is 16.4. The van der Waals surface area contributed by atoms with E-state index in [4.69, 9.17) is 5.11 Å². The Kier molecular flexibility index (Phi) is 6.10. The van der Waals surface area contributed by atoms with Crippen LogP contribution in [0.4, 0.5) is 0 Å². The molecule has 6 nitrogen and oxygen atoms in total. The van der Waals surface area contributed by atoms with E-state index in [1.807, 2.05) is 25.1 Å². The number of aliphatic hydroxyl groups is 1. The Balaban J connectivity index is 2.18. The summed E-state index contributed by atoms with van der Waals surface area (Å²) in [5, 5.41) is 19.0. The monoisotopic (exact) mass is 320 g/mol. The number of carboxylic acids is 1. The summed E-state index contributed by atoms with van der Waals surface area (Å²) in [6, 6.07) is 5.45. The molecule has 1 aliphatic rings. The van der Waals surface area contributed by atoms with Gasteiger partial charge in [-0.25, -0.2) is 4.79 Å². The van der Waals surface area contributed by atoms with E-state index in [0.717, 1.165) is 25.0 Å². The van der Waals surface area contributed by atoms with E-state index in [-0.39, 0.29) is 11.9 Å². The number of hydrogen-bond acceptors (Lipinski definition) is 4. The molecule has 3 atom stereocenters. The van der Waals surface area contributed by atoms with Crippen LogP contribution in [0.5, 0.6) is 0 Å². The van der Waals surface area contributed by atoms with Gasteiger partial charge in [-0.3, -0.25) is 9.78 Å². The largest absolute Gasteiger partial charge is 0.479 e. The standard InChI is InChI=1S/C17H24N2O4/c1-2-3-7-12(15(20)17(22)23)16(21)19-11-6-9-14(19)13-8-4-5-10-18-13/h4-5,8,10,12,14-15,20H,2-3,6-7,9,11H2,1H3,(H,22,23)/t12-,14?,15+/m1/s1. The SMILES string of the molecule is CCCC[C@@H](C(=O)N1CCCC1c1ccccn1)[C@H](O)C(=O)O. The highest BCUT2D eigenvalue weighted by molar-refractivity contribution is 5.86. The van der Waals surface area contributed by atoms with E-state index >= 15 is 0 Å². The van der Waals surface area contributed by atoms with Crippen molar-refractivity contribution in [2.24, 2.45) is 5.92 Å². The van der Waals surface area contributed by atoms with Gasteiger partial charge in [0.15, 0.2) is 6.10 Å². The van der Waals surface area contributed by atoms with Crippen LogP contribution >= 0.6 is 0 Å². The Hall–Kier alpha value is -1.95. The molecule has 0 spiro atoms. The summed E-state index contributed by atoms with van der Waals surface area (Å²) in [6.45, 7) is 2.55. The van der Waals surface area contributed by atoms with Gasteiger partial charge in [0.05, 0.1) is 17.7 Å².